The molecular formula is C13H10Cl2F3N3O3. The molecule has 6 nitrogen and oxygen atoms in total. The number of carboxylic acids is 1. The van der Waals surface area contributed by atoms with Gasteiger partial charge in [0.2, 0.25) is 0 Å². The van der Waals surface area contributed by atoms with Gasteiger partial charge in [0, 0.05) is 13.2 Å². The molecule has 0 aromatic carbocycles. The Balaban J connectivity index is 2.40. The molecule has 2 atom stereocenters. The molecule has 1 aliphatic rings. The molecular weight excluding hydrogens is 374 g/mol. The van der Waals surface area contributed by atoms with E-state index in [1.54, 1.807) is 0 Å². The summed E-state index contributed by atoms with van der Waals surface area (Å²) in [5.74, 6) is -4.12. The summed E-state index contributed by atoms with van der Waals surface area (Å²) in [5, 5.41) is 14.2. The Morgan fingerprint density at radius 1 is 1.46 bits per heavy atom. The van der Waals surface area contributed by atoms with Crippen molar-refractivity contribution in [1.29, 1.82) is 0 Å². The second-order valence-electron chi connectivity index (χ2n) is 4.94. The first kappa shape index (κ1) is 18.3. The van der Waals surface area contributed by atoms with Crippen molar-refractivity contribution in [2.75, 3.05) is 0 Å². The number of nitrogens with one attached hydrogen (secondary N) is 1. The highest BCUT2D eigenvalue weighted by molar-refractivity contribution is 6.41. The first-order valence-electron chi connectivity index (χ1n) is 6.36. The van der Waals surface area contributed by atoms with Gasteiger partial charge in [-0.3, -0.25) is 14.3 Å². The molecule has 1 amide bonds. The van der Waals surface area contributed by atoms with Crippen molar-refractivity contribution in [2.24, 2.45) is 13.0 Å². The third-order valence-corrected chi connectivity index (χ3v) is 4.28. The number of alkyl halides is 4. The Hall–Kier alpha value is -2.00. The third kappa shape index (κ3) is 3.27. The summed E-state index contributed by atoms with van der Waals surface area (Å²) < 4.78 is 39.6. The van der Waals surface area contributed by atoms with Crippen LogP contribution >= 0.6 is 23.2 Å². The molecule has 0 saturated carbocycles. The standard InChI is InChI=1S/C13H10Cl2F3N3O3/c1-21-5-6(9(20-21)13(16,17)18)10(22)19-12(15)7(11(23)24)3-2-4-8(12)14/h2-5,7H,1H3,(H,19,22)(H,23,24)/t7-,12?/m0/s1. The van der Waals surface area contributed by atoms with E-state index in [1.807, 2.05) is 0 Å². The average molecular weight is 384 g/mol. The maximum Gasteiger partial charge on any atom is 0.435 e. The number of allylic oxidation sites excluding steroid dienone is 2. The van der Waals surface area contributed by atoms with Crippen molar-refractivity contribution in [1.82, 2.24) is 15.1 Å². The summed E-state index contributed by atoms with van der Waals surface area (Å²) in [5.41, 5.74) is -2.21. The number of amides is 1. The van der Waals surface area contributed by atoms with E-state index < -0.39 is 40.2 Å². The zero-order valence-electron chi connectivity index (χ0n) is 11.9. The van der Waals surface area contributed by atoms with Crippen LogP contribution in [0.25, 0.3) is 0 Å². The molecule has 24 heavy (non-hydrogen) atoms. The highest BCUT2D eigenvalue weighted by Gasteiger charge is 2.47. The minimum Gasteiger partial charge on any atom is -0.481 e. The van der Waals surface area contributed by atoms with Crippen LogP contribution < -0.4 is 5.32 Å². The number of aliphatic carboxylic acids is 1. The molecule has 0 saturated heterocycles. The van der Waals surface area contributed by atoms with E-state index in [4.69, 9.17) is 23.2 Å². The Morgan fingerprint density at radius 2 is 2.08 bits per heavy atom. The van der Waals surface area contributed by atoms with Gasteiger partial charge in [0.15, 0.2) is 10.7 Å². The van der Waals surface area contributed by atoms with Crippen LogP contribution in [-0.2, 0) is 18.0 Å². The lowest BCUT2D eigenvalue weighted by molar-refractivity contribution is -0.142. The number of nitrogens with zero attached hydrogens (tertiary/aromatic N) is 2. The Morgan fingerprint density at radius 3 is 2.62 bits per heavy atom. The zero-order valence-corrected chi connectivity index (χ0v) is 13.4. The maximum absolute atomic E-state index is 12.9. The van der Waals surface area contributed by atoms with Crippen molar-refractivity contribution in [3.8, 4) is 0 Å². The summed E-state index contributed by atoms with van der Waals surface area (Å²) >= 11 is 12.0. The fourth-order valence-electron chi connectivity index (χ4n) is 2.14. The average Bonchev–Trinajstić information content (AvgIpc) is 2.84. The molecule has 11 heteroatoms. The van der Waals surface area contributed by atoms with E-state index in [0.29, 0.717) is 0 Å². The maximum atomic E-state index is 12.9. The molecule has 0 radical (unpaired) electrons. The molecule has 130 valence electrons. The van der Waals surface area contributed by atoms with Crippen molar-refractivity contribution in [2.45, 2.75) is 11.2 Å². The molecule has 0 spiro atoms. The van der Waals surface area contributed by atoms with Gasteiger partial charge < -0.3 is 10.4 Å². The van der Waals surface area contributed by atoms with Gasteiger partial charge in [0.1, 0.15) is 5.92 Å². The van der Waals surface area contributed by atoms with Gasteiger partial charge in [0.05, 0.1) is 10.6 Å². The van der Waals surface area contributed by atoms with E-state index in [9.17, 15) is 27.9 Å². The van der Waals surface area contributed by atoms with Crippen LogP contribution in [0.1, 0.15) is 16.1 Å². The first-order chi connectivity index (χ1) is 11.0. The minimum atomic E-state index is -4.87. The normalized spacial score (nSPS) is 23.8. The second-order valence-corrected chi connectivity index (χ2v) is 5.95. The topological polar surface area (TPSA) is 84.2 Å². The summed E-state index contributed by atoms with van der Waals surface area (Å²) in [6.07, 6.45) is -0.299. The monoisotopic (exact) mass is 383 g/mol. The molecule has 1 aromatic rings. The molecule has 1 aromatic heterocycles. The SMILES string of the molecule is Cn1cc(C(=O)NC2(Cl)C(Cl)=CC=C[C@H]2C(=O)O)c(C(F)(F)F)n1. The highest BCUT2D eigenvalue weighted by atomic mass is 35.5. The predicted molar refractivity (Wildman–Crippen MR) is 78.5 cm³/mol. The Labute approximate surface area is 143 Å². The Kier molecular flexibility index (Phi) is 4.69. The summed E-state index contributed by atoms with van der Waals surface area (Å²) in [6, 6.07) is 0. The van der Waals surface area contributed by atoms with Crippen molar-refractivity contribution in [3.63, 3.8) is 0 Å². The number of carboxylic acid groups (broad SMARTS) is 1. The van der Waals surface area contributed by atoms with E-state index >= 15 is 0 Å². The van der Waals surface area contributed by atoms with Gasteiger partial charge >= 0.3 is 12.1 Å². The third-order valence-electron chi connectivity index (χ3n) is 3.23. The number of hydrogen-bond donors (Lipinski definition) is 2. The van der Waals surface area contributed by atoms with Gasteiger partial charge in [-0.15, -0.1) is 0 Å². The quantitative estimate of drug-likeness (QED) is 0.620. The number of rotatable bonds is 3. The van der Waals surface area contributed by atoms with Gasteiger partial charge in [0.25, 0.3) is 5.91 Å². The summed E-state index contributed by atoms with van der Waals surface area (Å²) in [4.78, 5) is 21.4. The van der Waals surface area contributed by atoms with Crippen molar-refractivity contribution < 1.29 is 27.9 Å². The van der Waals surface area contributed by atoms with Gasteiger partial charge in [-0.1, -0.05) is 35.4 Å². The molecule has 0 aliphatic heterocycles. The Bertz CT molecular complexity index is 757. The molecule has 2 rings (SSSR count). The van der Waals surface area contributed by atoms with Crippen LogP contribution in [0, 0.1) is 5.92 Å². The molecule has 2 N–H and O–H groups in total. The van der Waals surface area contributed by atoms with Crippen LogP contribution in [0.5, 0.6) is 0 Å². The fourth-order valence-corrected chi connectivity index (χ4v) is 2.69. The number of aryl methyl sites for hydroxylation is 1. The lowest BCUT2D eigenvalue weighted by Crippen LogP contribution is -2.52. The van der Waals surface area contributed by atoms with Crippen molar-refractivity contribution in [3.05, 3.63) is 40.7 Å². The van der Waals surface area contributed by atoms with Crippen LogP contribution in [0.2, 0.25) is 0 Å². The molecule has 1 unspecified atom stereocenters. The largest absolute Gasteiger partial charge is 0.481 e. The number of carbonyl (C=O) groups excluding carboxylic acids is 1. The van der Waals surface area contributed by atoms with E-state index in [1.165, 1.54) is 19.2 Å². The van der Waals surface area contributed by atoms with E-state index in [-0.39, 0.29) is 5.03 Å². The van der Waals surface area contributed by atoms with Gasteiger partial charge in [-0.25, -0.2) is 0 Å². The summed E-state index contributed by atoms with van der Waals surface area (Å²) in [7, 11) is 1.21. The zero-order chi connectivity index (χ0) is 18.3. The lowest BCUT2D eigenvalue weighted by Gasteiger charge is -2.33. The van der Waals surface area contributed by atoms with Crippen LogP contribution in [0.15, 0.2) is 29.5 Å². The fraction of sp³-hybridized carbons (Fsp3) is 0.308. The first-order valence-corrected chi connectivity index (χ1v) is 7.12. The number of halogens is 5. The van der Waals surface area contributed by atoms with Crippen molar-refractivity contribution >= 4 is 35.1 Å². The minimum absolute atomic E-state index is 0.245. The lowest BCUT2D eigenvalue weighted by atomic mass is 9.93. The highest BCUT2D eigenvalue weighted by Crippen LogP contribution is 2.38. The molecule has 1 aliphatic carbocycles. The molecule has 0 bridgehead atoms. The van der Waals surface area contributed by atoms with Gasteiger partial charge in [-0.05, 0) is 6.08 Å². The van der Waals surface area contributed by atoms with E-state index in [0.717, 1.165) is 17.0 Å². The van der Waals surface area contributed by atoms with Crippen LogP contribution in [0.4, 0.5) is 13.2 Å². The number of aromatic nitrogens is 2. The molecule has 0 fully saturated rings. The number of hydrogen-bond acceptors (Lipinski definition) is 3. The summed E-state index contributed by atoms with van der Waals surface area (Å²) in [6.45, 7) is 0. The van der Waals surface area contributed by atoms with Crippen LogP contribution in [0.3, 0.4) is 0 Å². The van der Waals surface area contributed by atoms with Gasteiger partial charge in [-0.2, -0.15) is 18.3 Å². The predicted octanol–water partition coefficient (Wildman–Crippen LogP) is 2.50. The van der Waals surface area contributed by atoms with E-state index in [2.05, 4.69) is 10.4 Å². The number of carbonyl (C=O) groups is 2. The molecule has 1 heterocycles. The van der Waals surface area contributed by atoms with Crippen LogP contribution in [-0.4, -0.2) is 31.8 Å². The second kappa shape index (κ2) is 6.14. The smallest absolute Gasteiger partial charge is 0.435 e.